The Hall–Kier alpha value is -4.46. The van der Waals surface area contributed by atoms with Gasteiger partial charge in [-0.25, -0.2) is 5.43 Å². The molecular formula is C23H22N8. The van der Waals surface area contributed by atoms with Crippen molar-refractivity contribution >= 4 is 40.6 Å². The molecule has 8 heteroatoms. The third kappa shape index (κ3) is 5.54. The van der Waals surface area contributed by atoms with Gasteiger partial charge in [0, 0.05) is 17.1 Å². The van der Waals surface area contributed by atoms with Crippen LogP contribution >= 0.6 is 0 Å². The van der Waals surface area contributed by atoms with Crippen LogP contribution in [0.2, 0.25) is 0 Å². The van der Waals surface area contributed by atoms with Crippen molar-refractivity contribution in [3.05, 3.63) is 90.5 Å². The molecule has 3 aromatic carbocycles. The molecule has 1 heterocycles. The van der Waals surface area contributed by atoms with Gasteiger partial charge >= 0.3 is 0 Å². The third-order valence-electron chi connectivity index (χ3n) is 4.32. The van der Waals surface area contributed by atoms with Crippen LogP contribution in [0.25, 0.3) is 0 Å². The predicted octanol–water partition coefficient (Wildman–Crippen LogP) is 4.78. The Bertz CT molecular complexity index is 1120. The maximum atomic E-state index is 5.87. The van der Waals surface area contributed by atoms with E-state index in [4.69, 9.17) is 5.73 Å². The minimum Gasteiger partial charge on any atom is -0.399 e. The summed E-state index contributed by atoms with van der Waals surface area (Å²) in [6, 6.07) is 26.9. The first-order valence-electron chi connectivity index (χ1n) is 9.72. The largest absolute Gasteiger partial charge is 0.399 e. The summed E-state index contributed by atoms with van der Waals surface area (Å²) >= 11 is 0. The fourth-order valence-electron chi connectivity index (χ4n) is 2.80. The van der Waals surface area contributed by atoms with Crippen LogP contribution in [0.3, 0.4) is 0 Å². The van der Waals surface area contributed by atoms with Gasteiger partial charge in [0.15, 0.2) is 0 Å². The second-order valence-electron chi connectivity index (χ2n) is 6.72. The number of rotatable bonds is 7. The van der Waals surface area contributed by atoms with Crippen molar-refractivity contribution in [3.63, 3.8) is 0 Å². The fourth-order valence-corrected chi connectivity index (χ4v) is 2.80. The van der Waals surface area contributed by atoms with Gasteiger partial charge < -0.3 is 16.4 Å². The molecule has 4 rings (SSSR count). The molecule has 1 aromatic heterocycles. The standard InChI is InChI=1S/C23H22N8/c1-16(17-9-8-10-18(24)15-17)30-31-23-28-21(25-19-11-4-2-5-12-19)27-22(29-23)26-20-13-6-3-7-14-20/h2-15H,24H2,1H3,(H3,25,26,27,28,29,31). The van der Waals surface area contributed by atoms with E-state index in [1.165, 1.54) is 0 Å². The first-order chi connectivity index (χ1) is 15.2. The van der Waals surface area contributed by atoms with Crippen LogP contribution in [0.5, 0.6) is 0 Å². The average Bonchev–Trinajstić information content (AvgIpc) is 2.79. The lowest BCUT2D eigenvalue weighted by molar-refractivity contribution is 1.04. The van der Waals surface area contributed by atoms with Gasteiger partial charge in [-0.3, -0.25) is 0 Å². The number of hydrazone groups is 1. The summed E-state index contributed by atoms with van der Waals surface area (Å²) in [6.45, 7) is 1.88. The molecule has 5 N–H and O–H groups in total. The maximum absolute atomic E-state index is 5.87. The molecule has 0 aliphatic carbocycles. The Morgan fingerprint density at radius 2 is 1.26 bits per heavy atom. The molecule has 0 amide bonds. The molecule has 154 valence electrons. The van der Waals surface area contributed by atoms with Gasteiger partial charge in [0.05, 0.1) is 5.71 Å². The minimum absolute atomic E-state index is 0.301. The lowest BCUT2D eigenvalue weighted by Gasteiger charge is -2.10. The monoisotopic (exact) mass is 410 g/mol. The number of nitrogens with one attached hydrogen (secondary N) is 3. The van der Waals surface area contributed by atoms with Crippen LogP contribution in [0.4, 0.5) is 34.9 Å². The number of para-hydroxylation sites is 2. The van der Waals surface area contributed by atoms with Crippen LogP contribution in [0, 0.1) is 0 Å². The number of hydrogen-bond acceptors (Lipinski definition) is 8. The summed E-state index contributed by atoms with van der Waals surface area (Å²) in [6.07, 6.45) is 0. The molecule has 0 bridgehead atoms. The number of benzene rings is 3. The molecule has 31 heavy (non-hydrogen) atoms. The SMILES string of the molecule is CC(=NNc1nc(Nc2ccccc2)nc(Nc2ccccc2)n1)c1cccc(N)c1. The summed E-state index contributed by atoms with van der Waals surface area (Å²) in [4.78, 5) is 13.3. The summed E-state index contributed by atoms with van der Waals surface area (Å²) in [5, 5.41) is 10.8. The molecule has 0 spiro atoms. The van der Waals surface area contributed by atoms with Gasteiger partial charge in [-0.2, -0.15) is 20.1 Å². The second kappa shape index (κ2) is 9.36. The zero-order chi connectivity index (χ0) is 21.5. The van der Waals surface area contributed by atoms with Gasteiger partial charge in [-0.05, 0) is 48.9 Å². The van der Waals surface area contributed by atoms with Crippen LogP contribution in [-0.2, 0) is 0 Å². The molecular weight excluding hydrogens is 388 g/mol. The Morgan fingerprint density at radius 1 is 0.710 bits per heavy atom. The molecule has 0 atom stereocenters. The number of anilines is 6. The number of hydrogen-bond donors (Lipinski definition) is 4. The van der Waals surface area contributed by atoms with Gasteiger partial charge in [0.25, 0.3) is 0 Å². The normalized spacial score (nSPS) is 11.1. The summed E-state index contributed by atoms with van der Waals surface area (Å²) < 4.78 is 0. The van der Waals surface area contributed by atoms with E-state index in [0.717, 1.165) is 22.6 Å². The molecule has 0 aliphatic rings. The van der Waals surface area contributed by atoms with Crippen molar-refractivity contribution < 1.29 is 0 Å². The molecule has 0 unspecified atom stereocenters. The first-order valence-corrected chi connectivity index (χ1v) is 9.72. The first kappa shape index (κ1) is 19.8. The van der Waals surface area contributed by atoms with Crippen LogP contribution in [-0.4, -0.2) is 20.7 Å². The average molecular weight is 410 g/mol. The Kier molecular flexibility index (Phi) is 5.99. The highest BCUT2D eigenvalue weighted by atomic mass is 15.4. The highest BCUT2D eigenvalue weighted by molar-refractivity contribution is 5.99. The van der Waals surface area contributed by atoms with E-state index in [2.05, 4.69) is 36.1 Å². The van der Waals surface area contributed by atoms with Crippen molar-refractivity contribution in [1.29, 1.82) is 0 Å². The smallest absolute Gasteiger partial charge is 0.250 e. The van der Waals surface area contributed by atoms with Crippen LogP contribution in [0.1, 0.15) is 12.5 Å². The lowest BCUT2D eigenvalue weighted by atomic mass is 10.1. The molecule has 0 radical (unpaired) electrons. The number of nitrogens with two attached hydrogens (primary N) is 1. The zero-order valence-corrected chi connectivity index (χ0v) is 16.9. The highest BCUT2D eigenvalue weighted by Crippen LogP contribution is 2.18. The summed E-state index contributed by atoms with van der Waals surface area (Å²) in [5.41, 5.74) is 12.9. The van der Waals surface area contributed by atoms with Crippen molar-refractivity contribution in [2.45, 2.75) is 6.92 Å². The quantitative estimate of drug-likeness (QED) is 0.197. The van der Waals surface area contributed by atoms with Crippen molar-refractivity contribution in [2.24, 2.45) is 5.10 Å². The van der Waals surface area contributed by atoms with Crippen molar-refractivity contribution in [2.75, 3.05) is 21.8 Å². The van der Waals surface area contributed by atoms with E-state index in [9.17, 15) is 0 Å². The van der Waals surface area contributed by atoms with Gasteiger partial charge in [0.1, 0.15) is 0 Å². The fraction of sp³-hybridized carbons (Fsp3) is 0.0435. The zero-order valence-electron chi connectivity index (χ0n) is 16.9. The van der Waals surface area contributed by atoms with Crippen molar-refractivity contribution in [1.82, 2.24) is 15.0 Å². The Morgan fingerprint density at radius 3 is 1.81 bits per heavy atom. The van der Waals surface area contributed by atoms with Gasteiger partial charge in [0.2, 0.25) is 17.8 Å². The minimum atomic E-state index is 0.301. The topological polar surface area (TPSA) is 113 Å². The van der Waals surface area contributed by atoms with Crippen LogP contribution < -0.4 is 21.8 Å². The van der Waals surface area contributed by atoms with E-state index >= 15 is 0 Å². The molecule has 0 saturated carbocycles. The van der Waals surface area contributed by atoms with E-state index < -0.39 is 0 Å². The summed E-state index contributed by atoms with van der Waals surface area (Å²) in [7, 11) is 0. The second-order valence-corrected chi connectivity index (χ2v) is 6.72. The van der Waals surface area contributed by atoms with Crippen LogP contribution in [0.15, 0.2) is 90.0 Å². The van der Waals surface area contributed by atoms with E-state index in [-0.39, 0.29) is 0 Å². The Labute approximate surface area is 180 Å². The number of nitrogen functional groups attached to an aromatic ring is 1. The van der Waals surface area contributed by atoms with E-state index in [0.29, 0.717) is 23.5 Å². The molecule has 0 fully saturated rings. The highest BCUT2D eigenvalue weighted by Gasteiger charge is 2.08. The van der Waals surface area contributed by atoms with E-state index in [1.54, 1.807) is 0 Å². The summed E-state index contributed by atoms with van der Waals surface area (Å²) in [5.74, 6) is 1.08. The number of aromatic nitrogens is 3. The third-order valence-corrected chi connectivity index (χ3v) is 4.32. The molecule has 0 saturated heterocycles. The number of nitrogens with zero attached hydrogens (tertiary/aromatic N) is 4. The van der Waals surface area contributed by atoms with E-state index in [1.807, 2.05) is 91.9 Å². The molecule has 8 nitrogen and oxygen atoms in total. The van der Waals surface area contributed by atoms with Gasteiger partial charge in [-0.15, -0.1) is 0 Å². The van der Waals surface area contributed by atoms with Gasteiger partial charge in [-0.1, -0.05) is 48.5 Å². The molecule has 0 aliphatic heterocycles. The lowest BCUT2D eigenvalue weighted by Crippen LogP contribution is -2.08. The predicted molar refractivity (Wildman–Crippen MR) is 126 cm³/mol. The molecule has 4 aromatic rings. The van der Waals surface area contributed by atoms with Crippen molar-refractivity contribution in [3.8, 4) is 0 Å². The Balaban J connectivity index is 1.61. The maximum Gasteiger partial charge on any atom is 0.250 e.